The Kier molecular flexibility index (Phi) is 3.36. The molecule has 1 amide bonds. The van der Waals surface area contributed by atoms with Crippen LogP contribution < -0.4 is 0 Å². The third-order valence-corrected chi connectivity index (χ3v) is 3.40. The summed E-state index contributed by atoms with van der Waals surface area (Å²) in [5, 5.41) is 13.2. The molecule has 2 atom stereocenters. The molecule has 1 aromatic rings. The Hall–Kier alpha value is -1.85. The van der Waals surface area contributed by atoms with Gasteiger partial charge in [-0.3, -0.25) is 9.48 Å². The number of carbonyl (C=O) groups excluding carboxylic acids is 1. The molecule has 18 heavy (non-hydrogen) atoms. The number of amides is 1. The summed E-state index contributed by atoms with van der Waals surface area (Å²) >= 11 is 0. The molecule has 0 bridgehead atoms. The van der Waals surface area contributed by atoms with E-state index < -0.39 is 12.0 Å². The molecule has 1 aliphatic rings. The van der Waals surface area contributed by atoms with E-state index in [1.165, 1.54) is 15.8 Å². The molecular weight excluding hydrogens is 234 g/mol. The summed E-state index contributed by atoms with van der Waals surface area (Å²) in [6, 6.07) is -0.730. The van der Waals surface area contributed by atoms with Gasteiger partial charge < -0.3 is 10.0 Å². The lowest BCUT2D eigenvalue weighted by molar-refractivity contribution is -0.145. The van der Waals surface area contributed by atoms with Crippen LogP contribution >= 0.6 is 0 Å². The van der Waals surface area contributed by atoms with E-state index in [1.807, 2.05) is 6.92 Å². The number of aryl methyl sites for hydroxylation is 1. The van der Waals surface area contributed by atoms with Gasteiger partial charge in [0.15, 0.2) is 0 Å². The van der Waals surface area contributed by atoms with Crippen molar-refractivity contribution in [2.45, 2.75) is 25.8 Å². The number of aromatic nitrogens is 2. The SMILES string of the molecule is CC1CCCN(C(=O)c2cnn(C)c2)C1C(=O)O. The van der Waals surface area contributed by atoms with E-state index in [4.69, 9.17) is 0 Å². The van der Waals surface area contributed by atoms with Crippen LogP contribution in [0.2, 0.25) is 0 Å². The number of carboxylic acid groups (broad SMARTS) is 1. The van der Waals surface area contributed by atoms with E-state index in [9.17, 15) is 14.7 Å². The predicted molar refractivity (Wildman–Crippen MR) is 64.1 cm³/mol. The Labute approximate surface area is 105 Å². The maximum absolute atomic E-state index is 12.3. The monoisotopic (exact) mass is 251 g/mol. The minimum absolute atomic E-state index is 0.0168. The highest BCUT2D eigenvalue weighted by Crippen LogP contribution is 2.25. The fraction of sp³-hybridized carbons (Fsp3) is 0.583. The van der Waals surface area contributed by atoms with Gasteiger partial charge in [-0.15, -0.1) is 0 Å². The number of nitrogens with zero attached hydrogens (tertiary/aromatic N) is 3. The third kappa shape index (κ3) is 2.23. The average Bonchev–Trinajstić information content (AvgIpc) is 2.74. The van der Waals surface area contributed by atoms with Crippen molar-refractivity contribution in [2.24, 2.45) is 13.0 Å². The van der Waals surface area contributed by atoms with Crippen LogP contribution in [0, 0.1) is 5.92 Å². The maximum atomic E-state index is 12.3. The second kappa shape index (κ2) is 4.80. The van der Waals surface area contributed by atoms with Crippen molar-refractivity contribution >= 4 is 11.9 Å². The van der Waals surface area contributed by atoms with Crippen LogP contribution in [0.3, 0.4) is 0 Å². The number of piperidine rings is 1. The molecule has 1 N–H and O–H groups in total. The van der Waals surface area contributed by atoms with Crippen LogP contribution in [0.15, 0.2) is 12.4 Å². The number of hydrogen-bond acceptors (Lipinski definition) is 3. The van der Waals surface area contributed by atoms with Crippen molar-refractivity contribution in [2.75, 3.05) is 6.54 Å². The van der Waals surface area contributed by atoms with Crippen molar-refractivity contribution in [1.82, 2.24) is 14.7 Å². The Morgan fingerprint density at radius 3 is 2.78 bits per heavy atom. The standard InChI is InChI=1S/C12H17N3O3/c1-8-4-3-5-15(10(8)12(17)18)11(16)9-6-13-14(2)7-9/h6-8,10H,3-5H2,1-2H3,(H,17,18). The molecule has 0 radical (unpaired) electrons. The van der Waals surface area contributed by atoms with Gasteiger partial charge in [0.1, 0.15) is 6.04 Å². The number of likely N-dealkylation sites (tertiary alicyclic amines) is 1. The number of carboxylic acids is 1. The van der Waals surface area contributed by atoms with Crippen LogP contribution in [-0.2, 0) is 11.8 Å². The Morgan fingerprint density at radius 2 is 2.22 bits per heavy atom. The largest absolute Gasteiger partial charge is 0.480 e. The van der Waals surface area contributed by atoms with Crippen LogP contribution in [0.1, 0.15) is 30.1 Å². The molecule has 0 spiro atoms. The third-order valence-electron chi connectivity index (χ3n) is 3.40. The zero-order chi connectivity index (χ0) is 13.3. The molecule has 2 rings (SSSR count). The molecule has 1 fully saturated rings. The van der Waals surface area contributed by atoms with Gasteiger partial charge in [0, 0.05) is 19.8 Å². The minimum atomic E-state index is -0.931. The van der Waals surface area contributed by atoms with Gasteiger partial charge >= 0.3 is 5.97 Å². The lowest BCUT2D eigenvalue weighted by Gasteiger charge is -2.37. The molecule has 98 valence electrons. The molecule has 1 aliphatic heterocycles. The van der Waals surface area contributed by atoms with Gasteiger partial charge in [-0.2, -0.15) is 5.10 Å². The summed E-state index contributed by atoms with van der Waals surface area (Å²) < 4.78 is 1.54. The fourth-order valence-electron chi connectivity index (χ4n) is 2.49. The van der Waals surface area contributed by atoms with Gasteiger partial charge in [-0.1, -0.05) is 6.92 Å². The van der Waals surface area contributed by atoms with E-state index in [2.05, 4.69) is 5.10 Å². The summed E-state index contributed by atoms with van der Waals surface area (Å²) in [6.45, 7) is 2.37. The van der Waals surface area contributed by atoms with Crippen molar-refractivity contribution in [3.8, 4) is 0 Å². The zero-order valence-corrected chi connectivity index (χ0v) is 10.5. The first-order valence-electron chi connectivity index (χ1n) is 6.03. The van der Waals surface area contributed by atoms with Gasteiger partial charge in [0.25, 0.3) is 5.91 Å². The number of hydrogen-bond donors (Lipinski definition) is 1. The molecule has 2 unspecified atom stereocenters. The molecule has 2 heterocycles. The minimum Gasteiger partial charge on any atom is -0.480 e. The summed E-state index contributed by atoms with van der Waals surface area (Å²) in [5.74, 6) is -1.20. The fourth-order valence-corrected chi connectivity index (χ4v) is 2.49. The van der Waals surface area contributed by atoms with Gasteiger partial charge in [0.05, 0.1) is 11.8 Å². The van der Waals surface area contributed by atoms with Crippen LogP contribution in [0.5, 0.6) is 0 Å². The van der Waals surface area contributed by atoms with E-state index in [0.717, 1.165) is 12.8 Å². The highest BCUT2D eigenvalue weighted by Gasteiger charge is 2.37. The molecule has 1 aromatic heterocycles. The average molecular weight is 251 g/mol. The first-order valence-corrected chi connectivity index (χ1v) is 6.03. The smallest absolute Gasteiger partial charge is 0.326 e. The maximum Gasteiger partial charge on any atom is 0.326 e. The highest BCUT2D eigenvalue weighted by molar-refractivity contribution is 5.96. The molecule has 0 aliphatic carbocycles. The number of carbonyl (C=O) groups is 2. The Balaban J connectivity index is 2.24. The van der Waals surface area contributed by atoms with Crippen molar-refractivity contribution in [3.05, 3.63) is 18.0 Å². The van der Waals surface area contributed by atoms with E-state index in [-0.39, 0.29) is 11.8 Å². The predicted octanol–water partition coefficient (Wildman–Crippen LogP) is 0.745. The lowest BCUT2D eigenvalue weighted by atomic mass is 9.90. The molecule has 1 saturated heterocycles. The van der Waals surface area contributed by atoms with Crippen LogP contribution in [-0.4, -0.2) is 44.3 Å². The summed E-state index contributed by atoms with van der Waals surface area (Å²) in [4.78, 5) is 25.0. The first kappa shape index (κ1) is 12.6. The molecular formula is C12H17N3O3. The van der Waals surface area contributed by atoms with Crippen LogP contribution in [0.25, 0.3) is 0 Å². The molecule has 6 nitrogen and oxygen atoms in total. The number of aliphatic carboxylic acids is 1. The first-order chi connectivity index (χ1) is 8.50. The van der Waals surface area contributed by atoms with E-state index >= 15 is 0 Å². The summed E-state index contributed by atoms with van der Waals surface area (Å²) in [7, 11) is 1.73. The second-order valence-electron chi connectivity index (χ2n) is 4.80. The van der Waals surface area contributed by atoms with Crippen molar-refractivity contribution in [1.29, 1.82) is 0 Å². The zero-order valence-electron chi connectivity index (χ0n) is 10.5. The van der Waals surface area contributed by atoms with Gasteiger partial charge in [-0.05, 0) is 18.8 Å². The topological polar surface area (TPSA) is 75.4 Å². The quantitative estimate of drug-likeness (QED) is 0.841. The summed E-state index contributed by atoms with van der Waals surface area (Å²) in [5.41, 5.74) is 0.442. The van der Waals surface area contributed by atoms with E-state index in [0.29, 0.717) is 12.1 Å². The Bertz CT molecular complexity index is 469. The van der Waals surface area contributed by atoms with Gasteiger partial charge in [0.2, 0.25) is 0 Å². The molecule has 0 aromatic carbocycles. The molecule has 6 heteroatoms. The summed E-state index contributed by atoms with van der Waals surface area (Å²) in [6.07, 6.45) is 4.77. The number of rotatable bonds is 2. The van der Waals surface area contributed by atoms with Crippen LogP contribution in [0.4, 0.5) is 0 Å². The van der Waals surface area contributed by atoms with Crippen molar-refractivity contribution in [3.63, 3.8) is 0 Å². The molecule has 0 saturated carbocycles. The Morgan fingerprint density at radius 1 is 1.50 bits per heavy atom. The lowest BCUT2D eigenvalue weighted by Crippen LogP contribution is -2.51. The van der Waals surface area contributed by atoms with E-state index in [1.54, 1.807) is 13.2 Å². The normalized spacial score (nSPS) is 24.0. The second-order valence-corrected chi connectivity index (χ2v) is 4.80. The van der Waals surface area contributed by atoms with Crippen molar-refractivity contribution < 1.29 is 14.7 Å². The highest BCUT2D eigenvalue weighted by atomic mass is 16.4. The van der Waals surface area contributed by atoms with Gasteiger partial charge in [-0.25, -0.2) is 4.79 Å².